The number of pyridine rings is 1. The average Bonchev–Trinajstić information content (AvgIpc) is 1.59. The number of hydrogen-bond donors (Lipinski definition) is 2. The number of carbonyl (C=O) groups excluding carboxylic acids is 5. The third-order valence-electron chi connectivity index (χ3n) is 26.1. The lowest BCUT2D eigenvalue weighted by molar-refractivity contribution is -0.139. The first-order valence-corrected chi connectivity index (χ1v) is 41.9. The molecule has 2 N–H and O–H groups in total. The van der Waals surface area contributed by atoms with E-state index in [1.165, 1.54) is 87.7 Å². The monoisotopic (exact) mass is 1660 g/mol. The first-order chi connectivity index (χ1) is 55.2. The number of nitrogens with one attached hydrogen (secondary N) is 1. The second kappa shape index (κ2) is 33.1. The van der Waals surface area contributed by atoms with Gasteiger partial charge < -0.3 is 44.7 Å². The maximum atomic E-state index is 13.7. The fourth-order valence-corrected chi connectivity index (χ4v) is 18.2. The number of piperazine rings is 2. The molecule has 3 atom stereocenters. The number of aliphatic hydroxyl groups is 1. The van der Waals surface area contributed by atoms with Gasteiger partial charge in [-0.15, -0.1) is 0 Å². The standard InChI is InChI=1S/C19H24F3N3O.C19H27N3O.C18H22F3N3O.C18H23F3N2O.C14H16F3NO2/c1-12(2)25-10-15-14(17(25)26)8-13(9-16(15)19(20,21)22)24-7-6-23(3)18(11-24)4-5-18;1-12(2)22-11-16-15(19(22)23)10-17(20-18(16)14-6-7-14)13(3)21-8-4-5-9-21;1-11(2)24-9-14-13(16(24)25)7-12(8-15(14)18(19,20)21)23-6-5-22-17(10-23)3-4-17;1-11(2)23-10-15-14(17(23)24)8-13(9-16(15)18(19,20)21)12(3)22-6-4-5-7-22;1-7(2)18-6-11-10(13(18)20)4-9(8(3)19)5-12(11)14(15,16)17/h8-9,12H,4-7,10-11H2,1-3H3;10,12-14H,4-9,11H2,1-3H3;7-8,11,22H,3-6,9-10H2,1-2H3;8-9,11-12H,4-7,10H2,1-3H3;4-5,7-8,19H,6H2,1-3H3. The van der Waals surface area contributed by atoms with Gasteiger partial charge in [-0.25, -0.2) is 0 Å². The SMILES string of the molecule is CC(C)N1Cc2c(cc(N3CCN(C)C4(CC4)C3)cc2C(F)(F)F)C1=O.CC(C)N1Cc2c(cc(N3CCNC4(CC4)C3)cc2C(F)(F)F)C1=O.CC(O)c1cc2c(c(C(F)(F)F)c1)CN(C(C)C)C2=O.CC(c1cc2c(c(C(F)(F)F)c1)CN(C(C)C)C2=O)N1CCCC1.CC(c1cc2c(c(C3CC3)n1)CN(C(C)C)C2=O)N1CCCC1. The van der Waals surface area contributed by atoms with Gasteiger partial charge in [-0.05, 0) is 275 Å². The summed E-state index contributed by atoms with van der Waals surface area (Å²) in [5.74, 6) is -0.501. The number of nitrogens with zero attached hydrogens (tertiary/aromatic N) is 11. The van der Waals surface area contributed by atoms with Gasteiger partial charge in [-0.1, -0.05) is 0 Å². The van der Waals surface area contributed by atoms with Crippen molar-refractivity contribution in [3.8, 4) is 0 Å². The van der Waals surface area contributed by atoms with Gasteiger partial charge in [-0.3, -0.25) is 43.7 Å². The number of carbonyl (C=O) groups is 5. The molecule has 7 fully saturated rings. The van der Waals surface area contributed by atoms with Gasteiger partial charge in [0.15, 0.2) is 0 Å². The fourth-order valence-electron chi connectivity index (χ4n) is 18.2. The summed E-state index contributed by atoms with van der Waals surface area (Å²) < 4.78 is 162. The van der Waals surface area contributed by atoms with Crippen LogP contribution in [0.25, 0.3) is 0 Å². The van der Waals surface area contributed by atoms with E-state index in [4.69, 9.17) is 4.98 Å². The van der Waals surface area contributed by atoms with Crippen LogP contribution in [0, 0.1) is 0 Å². The molecule has 4 aromatic carbocycles. The Morgan fingerprint density at radius 3 is 1.12 bits per heavy atom. The number of hydrogen-bond acceptors (Lipinski definition) is 13. The summed E-state index contributed by atoms with van der Waals surface area (Å²) >= 11 is 0. The maximum Gasteiger partial charge on any atom is 0.416 e. The highest BCUT2D eigenvalue weighted by Gasteiger charge is 2.52. The molecule has 118 heavy (non-hydrogen) atoms. The van der Waals surface area contributed by atoms with Crippen molar-refractivity contribution in [3.63, 3.8) is 0 Å². The number of halogens is 12. The molecule has 10 heterocycles. The molecule has 2 spiro atoms. The van der Waals surface area contributed by atoms with Gasteiger partial charge in [0.2, 0.25) is 0 Å². The minimum atomic E-state index is -4.54. The molecule has 5 aromatic rings. The molecule has 4 saturated heterocycles. The normalized spacial score (nSPS) is 21.1. The summed E-state index contributed by atoms with van der Waals surface area (Å²) in [5, 5.41) is 13.0. The first kappa shape index (κ1) is 87.7. The van der Waals surface area contributed by atoms with Crippen LogP contribution in [0.2, 0.25) is 0 Å². The number of aliphatic hydroxyl groups excluding tert-OH is 1. The lowest BCUT2D eigenvalue weighted by atomic mass is 9.95. The van der Waals surface area contributed by atoms with E-state index in [1.54, 1.807) is 32.0 Å². The average molecular weight is 1660 g/mol. The van der Waals surface area contributed by atoms with Gasteiger partial charge in [0.1, 0.15) is 0 Å². The first-order valence-electron chi connectivity index (χ1n) is 41.9. The van der Waals surface area contributed by atoms with Crippen molar-refractivity contribution >= 4 is 40.9 Å². The van der Waals surface area contributed by atoms with Crippen molar-refractivity contribution in [2.45, 2.75) is 277 Å². The Morgan fingerprint density at radius 2 is 0.754 bits per heavy atom. The van der Waals surface area contributed by atoms with E-state index in [1.807, 2.05) is 63.2 Å². The fraction of sp³-hybridized carbons (Fsp3) is 0.614. The molecule has 644 valence electrons. The Kier molecular flexibility index (Phi) is 24.6. The van der Waals surface area contributed by atoms with Crippen LogP contribution in [0.4, 0.5) is 64.1 Å². The minimum absolute atomic E-state index is 0.000556. The molecule has 12 aliphatic rings. The molecule has 17 rings (SSSR count). The number of fused-ring (bicyclic) bond motifs is 5. The molecule has 18 nitrogen and oxygen atoms in total. The maximum absolute atomic E-state index is 13.7. The summed E-state index contributed by atoms with van der Waals surface area (Å²) in [5.41, 5.74) is 4.59. The Labute approximate surface area is 683 Å². The highest BCUT2D eigenvalue weighted by molar-refractivity contribution is 6.02. The number of aromatic nitrogens is 1. The summed E-state index contributed by atoms with van der Waals surface area (Å²) in [6.45, 7) is 33.5. The molecule has 9 aliphatic heterocycles. The van der Waals surface area contributed by atoms with Gasteiger partial charge >= 0.3 is 24.7 Å². The van der Waals surface area contributed by atoms with E-state index in [0.29, 0.717) is 48.5 Å². The Bertz CT molecular complexity index is 4650. The summed E-state index contributed by atoms with van der Waals surface area (Å²) in [4.78, 5) is 86.8. The topological polar surface area (TPSA) is 163 Å². The smallest absolute Gasteiger partial charge is 0.389 e. The van der Waals surface area contributed by atoms with E-state index < -0.39 is 59.0 Å². The Morgan fingerprint density at radius 1 is 0.407 bits per heavy atom. The highest BCUT2D eigenvalue weighted by atomic mass is 19.4. The van der Waals surface area contributed by atoms with Gasteiger partial charge in [0.25, 0.3) is 29.5 Å². The zero-order chi connectivity index (χ0) is 85.9. The molecular formula is C88H112F12N12O6. The second-order valence-corrected chi connectivity index (χ2v) is 35.8. The van der Waals surface area contributed by atoms with E-state index >= 15 is 0 Å². The van der Waals surface area contributed by atoms with Crippen molar-refractivity contribution in [1.82, 2.24) is 49.5 Å². The van der Waals surface area contributed by atoms with Crippen molar-refractivity contribution in [2.24, 2.45) is 0 Å². The van der Waals surface area contributed by atoms with Crippen LogP contribution >= 0.6 is 0 Å². The summed E-state index contributed by atoms with van der Waals surface area (Å²) in [7, 11) is 2.08. The van der Waals surface area contributed by atoms with Crippen LogP contribution < -0.4 is 15.1 Å². The van der Waals surface area contributed by atoms with Crippen molar-refractivity contribution in [1.29, 1.82) is 0 Å². The molecule has 3 saturated carbocycles. The molecule has 0 radical (unpaired) electrons. The van der Waals surface area contributed by atoms with Crippen molar-refractivity contribution in [2.75, 3.05) is 82.3 Å². The minimum Gasteiger partial charge on any atom is -0.389 e. The largest absolute Gasteiger partial charge is 0.416 e. The summed E-state index contributed by atoms with van der Waals surface area (Å²) in [6, 6.07) is 13.0. The van der Waals surface area contributed by atoms with E-state index in [-0.39, 0.29) is 147 Å². The quantitative estimate of drug-likeness (QED) is 0.107. The highest BCUT2D eigenvalue weighted by Crippen LogP contribution is 2.50. The van der Waals surface area contributed by atoms with E-state index in [9.17, 15) is 81.8 Å². The van der Waals surface area contributed by atoms with Gasteiger partial charge in [0.05, 0.1) is 34.1 Å². The van der Waals surface area contributed by atoms with Crippen molar-refractivity contribution in [3.05, 3.63) is 155 Å². The lowest BCUT2D eigenvalue weighted by Gasteiger charge is -2.41. The molecule has 0 bridgehead atoms. The molecule has 30 heteroatoms. The van der Waals surface area contributed by atoms with Crippen LogP contribution in [0.3, 0.4) is 0 Å². The van der Waals surface area contributed by atoms with Crippen molar-refractivity contribution < 1.29 is 81.8 Å². The van der Waals surface area contributed by atoms with E-state index in [0.717, 1.165) is 108 Å². The zero-order valence-corrected chi connectivity index (χ0v) is 70.0. The van der Waals surface area contributed by atoms with Gasteiger partial charge in [0, 0.05) is 182 Å². The zero-order valence-electron chi connectivity index (χ0n) is 70.0. The molecule has 3 aliphatic carbocycles. The van der Waals surface area contributed by atoms with Crippen LogP contribution in [-0.4, -0.2) is 193 Å². The predicted octanol–water partition coefficient (Wildman–Crippen LogP) is 17.2. The third kappa shape index (κ3) is 17.9. The summed E-state index contributed by atoms with van der Waals surface area (Å²) in [6.07, 6.45) is -7.51. The molecule has 1 aromatic heterocycles. The number of benzene rings is 4. The van der Waals surface area contributed by atoms with Crippen LogP contribution in [0.15, 0.2) is 54.6 Å². The van der Waals surface area contributed by atoms with E-state index in [2.05, 4.69) is 53.9 Å². The molecule has 5 amide bonds. The lowest BCUT2D eigenvalue weighted by Crippen LogP contribution is -2.53. The predicted molar refractivity (Wildman–Crippen MR) is 425 cm³/mol. The number of anilines is 2. The van der Waals surface area contributed by atoms with Crippen LogP contribution in [-0.2, 0) is 57.4 Å². The third-order valence-corrected chi connectivity index (χ3v) is 26.1. The number of rotatable bonds is 13. The Hall–Kier alpha value is -8.06. The Balaban J connectivity index is 0.000000128. The van der Waals surface area contributed by atoms with Gasteiger partial charge in [-0.2, -0.15) is 52.7 Å². The number of amides is 5. The van der Waals surface area contributed by atoms with Crippen LogP contribution in [0.1, 0.15) is 303 Å². The van der Waals surface area contributed by atoms with Crippen LogP contribution in [0.5, 0.6) is 0 Å². The molecular weight excluding hydrogens is 1550 g/mol. The number of likely N-dealkylation sites (tertiary alicyclic amines) is 2. The number of alkyl halides is 12. The number of likely N-dealkylation sites (N-methyl/N-ethyl adjacent to an activating group) is 1. The second-order valence-electron chi connectivity index (χ2n) is 35.8. The molecule has 3 unspecified atom stereocenters.